The third kappa shape index (κ3) is 1.61. The van der Waals surface area contributed by atoms with E-state index in [4.69, 9.17) is 10.8 Å². The predicted molar refractivity (Wildman–Crippen MR) is 69.4 cm³/mol. The van der Waals surface area contributed by atoms with E-state index >= 15 is 0 Å². The van der Waals surface area contributed by atoms with Crippen LogP contribution in [0.1, 0.15) is 29.3 Å². The molecular formula is C14H16N2O2. The van der Waals surface area contributed by atoms with Gasteiger partial charge in [-0.2, -0.15) is 0 Å². The third-order valence-electron chi connectivity index (χ3n) is 3.78. The lowest BCUT2D eigenvalue weighted by molar-refractivity contribution is -0.142. The molecule has 2 atom stereocenters. The molecule has 18 heavy (non-hydrogen) atoms. The molecule has 4 N–H and O–H groups in total. The second-order valence-electron chi connectivity index (χ2n) is 5.15. The minimum atomic E-state index is -0.758. The maximum atomic E-state index is 11.1. The molecule has 1 aromatic heterocycles. The Bertz CT molecular complexity index is 630. The Morgan fingerprint density at radius 1 is 1.50 bits per heavy atom. The quantitative estimate of drug-likeness (QED) is 0.719. The van der Waals surface area contributed by atoms with Crippen molar-refractivity contribution in [2.24, 2.45) is 11.7 Å². The van der Waals surface area contributed by atoms with Gasteiger partial charge in [0.2, 0.25) is 0 Å². The molecule has 0 aliphatic heterocycles. The molecule has 0 saturated carbocycles. The van der Waals surface area contributed by atoms with Crippen LogP contribution in [-0.2, 0) is 11.2 Å². The van der Waals surface area contributed by atoms with E-state index in [9.17, 15) is 4.79 Å². The number of aryl methyl sites for hydroxylation is 1. The first-order valence-electron chi connectivity index (χ1n) is 6.15. The molecule has 0 amide bonds. The molecule has 2 aromatic rings. The van der Waals surface area contributed by atoms with E-state index in [1.165, 1.54) is 5.56 Å². The van der Waals surface area contributed by atoms with Gasteiger partial charge in [-0.05, 0) is 31.0 Å². The van der Waals surface area contributed by atoms with E-state index in [1.807, 2.05) is 19.1 Å². The molecule has 1 aromatic carbocycles. The van der Waals surface area contributed by atoms with Crippen LogP contribution < -0.4 is 5.73 Å². The summed E-state index contributed by atoms with van der Waals surface area (Å²) in [6.45, 7) is 2.05. The number of aromatic nitrogens is 1. The molecule has 4 heteroatoms. The summed E-state index contributed by atoms with van der Waals surface area (Å²) in [5.41, 5.74) is 10.5. The van der Waals surface area contributed by atoms with Crippen molar-refractivity contribution in [2.75, 3.05) is 0 Å². The van der Waals surface area contributed by atoms with E-state index in [-0.39, 0.29) is 12.0 Å². The van der Waals surface area contributed by atoms with Gasteiger partial charge in [0.15, 0.2) is 0 Å². The topological polar surface area (TPSA) is 79.1 Å². The van der Waals surface area contributed by atoms with E-state index < -0.39 is 5.97 Å². The Hall–Kier alpha value is -1.81. The number of aliphatic carboxylic acids is 1. The average molecular weight is 244 g/mol. The van der Waals surface area contributed by atoms with Gasteiger partial charge in [-0.3, -0.25) is 4.79 Å². The molecule has 0 bridgehead atoms. The summed E-state index contributed by atoms with van der Waals surface area (Å²) in [7, 11) is 0. The van der Waals surface area contributed by atoms with Crippen molar-refractivity contribution in [2.45, 2.75) is 25.8 Å². The van der Waals surface area contributed by atoms with Crippen LogP contribution in [0.2, 0.25) is 0 Å². The van der Waals surface area contributed by atoms with E-state index in [2.05, 4.69) is 11.1 Å². The number of benzene rings is 1. The second kappa shape index (κ2) is 3.85. The van der Waals surface area contributed by atoms with Crippen LogP contribution in [0.5, 0.6) is 0 Å². The zero-order chi connectivity index (χ0) is 12.9. The van der Waals surface area contributed by atoms with Crippen LogP contribution in [0.4, 0.5) is 0 Å². The van der Waals surface area contributed by atoms with Crippen molar-refractivity contribution in [3.8, 4) is 0 Å². The minimum absolute atomic E-state index is 0.189. The van der Waals surface area contributed by atoms with Crippen LogP contribution in [0.15, 0.2) is 18.2 Å². The lowest BCUT2D eigenvalue weighted by Crippen LogP contribution is -2.28. The summed E-state index contributed by atoms with van der Waals surface area (Å²) in [5, 5.41) is 10.3. The maximum Gasteiger partial charge on any atom is 0.306 e. The second-order valence-corrected chi connectivity index (χ2v) is 5.15. The average Bonchev–Trinajstić information content (AvgIpc) is 2.66. The predicted octanol–water partition coefficient (Wildman–Crippen LogP) is 2.12. The summed E-state index contributed by atoms with van der Waals surface area (Å²) in [4.78, 5) is 14.4. The van der Waals surface area contributed by atoms with E-state index in [1.54, 1.807) is 0 Å². The highest BCUT2D eigenvalue weighted by Crippen LogP contribution is 2.37. The van der Waals surface area contributed by atoms with Gasteiger partial charge in [-0.15, -0.1) is 0 Å². The Balaban J connectivity index is 2.16. The molecule has 0 saturated heterocycles. The number of H-pyrrole nitrogens is 1. The van der Waals surface area contributed by atoms with Gasteiger partial charge in [0, 0.05) is 29.1 Å². The first kappa shape index (κ1) is 11.3. The summed E-state index contributed by atoms with van der Waals surface area (Å²) in [5.74, 6) is -1.13. The Morgan fingerprint density at radius 2 is 2.28 bits per heavy atom. The van der Waals surface area contributed by atoms with Crippen molar-refractivity contribution in [3.05, 3.63) is 35.0 Å². The molecule has 4 nitrogen and oxygen atoms in total. The number of hydrogen-bond acceptors (Lipinski definition) is 2. The number of aromatic amines is 1. The van der Waals surface area contributed by atoms with Crippen LogP contribution in [0, 0.1) is 12.8 Å². The van der Waals surface area contributed by atoms with Gasteiger partial charge < -0.3 is 15.8 Å². The number of carboxylic acids is 1. The molecule has 1 aliphatic carbocycles. The van der Waals surface area contributed by atoms with Gasteiger partial charge >= 0.3 is 5.97 Å². The molecule has 3 rings (SSSR count). The maximum absolute atomic E-state index is 11.1. The summed E-state index contributed by atoms with van der Waals surface area (Å²) >= 11 is 0. The van der Waals surface area contributed by atoms with E-state index in [0.717, 1.165) is 22.2 Å². The highest BCUT2D eigenvalue weighted by atomic mass is 16.4. The molecule has 1 aliphatic rings. The van der Waals surface area contributed by atoms with Crippen LogP contribution in [0.25, 0.3) is 10.9 Å². The van der Waals surface area contributed by atoms with Crippen molar-refractivity contribution in [3.63, 3.8) is 0 Å². The Morgan fingerprint density at radius 3 is 3.00 bits per heavy atom. The van der Waals surface area contributed by atoms with Crippen LogP contribution >= 0.6 is 0 Å². The fraction of sp³-hybridized carbons (Fsp3) is 0.357. The van der Waals surface area contributed by atoms with Crippen LogP contribution in [-0.4, -0.2) is 16.1 Å². The highest BCUT2D eigenvalue weighted by Gasteiger charge is 2.31. The molecule has 0 fully saturated rings. The SMILES string of the molecule is Cc1ccc2[nH]c3c(c2c1)C(N)CC(C(=O)O)C3. The van der Waals surface area contributed by atoms with Crippen molar-refractivity contribution >= 4 is 16.9 Å². The number of hydrogen-bond donors (Lipinski definition) is 3. The summed E-state index contributed by atoms with van der Waals surface area (Å²) in [6.07, 6.45) is 1.06. The number of carbonyl (C=O) groups is 1. The monoisotopic (exact) mass is 244 g/mol. The molecule has 94 valence electrons. The first-order chi connectivity index (χ1) is 8.56. The molecule has 0 radical (unpaired) electrons. The number of fused-ring (bicyclic) bond motifs is 3. The standard InChI is InChI=1S/C14H16N2O2/c1-7-2-3-11-9(4-7)13-10(15)5-8(14(17)18)6-12(13)16-11/h2-4,8,10,16H,5-6,15H2,1H3,(H,17,18). The van der Waals surface area contributed by atoms with Crippen LogP contribution in [0.3, 0.4) is 0 Å². The first-order valence-corrected chi connectivity index (χ1v) is 6.15. The Labute approximate surface area is 105 Å². The third-order valence-corrected chi connectivity index (χ3v) is 3.78. The zero-order valence-electron chi connectivity index (χ0n) is 10.2. The summed E-state index contributed by atoms with van der Waals surface area (Å²) < 4.78 is 0. The smallest absolute Gasteiger partial charge is 0.306 e. The zero-order valence-corrected chi connectivity index (χ0v) is 10.2. The molecular weight excluding hydrogens is 228 g/mol. The lowest BCUT2D eigenvalue weighted by Gasteiger charge is -2.24. The molecule has 0 spiro atoms. The van der Waals surface area contributed by atoms with Gasteiger partial charge in [0.1, 0.15) is 0 Å². The molecule has 2 unspecified atom stereocenters. The normalized spacial score (nSPS) is 23.0. The van der Waals surface area contributed by atoms with Gasteiger partial charge in [0.05, 0.1) is 5.92 Å². The summed E-state index contributed by atoms with van der Waals surface area (Å²) in [6, 6.07) is 6.01. The largest absolute Gasteiger partial charge is 0.481 e. The fourth-order valence-electron chi connectivity index (χ4n) is 2.91. The molecule has 1 heterocycles. The van der Waals surface area contributed by atoms with E-state index in [0.29, 0.717) is 12.8 Å². The van der Waals surface area contributed by atoms with Gasteiger partial charge in [-0.1, -0.05) is 11.6 Å². The van der Waals surface area contributed by atoms with Gasteiger partial charge in [-0.25, -0.2) is 0 Å². The lowest BCUT2D eigenvalue weighted by atomic mass is 9.83. The minimum Gasteiger partial charge on any atom is -0.481 e. The number of nitrogens with two attached hydrogens (primary N) is 1. The number of rotatable bonds is 1. The number of carboxylic acid groups (broad SMARTS) is 1. The van der Waals surface area contributed by atoms with Crippen molar-refractivity contribution < 1.29 is 9.90 Å². The van der Waals surface area contributed by atoms with Crippen molar-refractivity contribution in [1.29, 1.82) is 0 Å². The number of nitrogens with one attached hydrogen (secondary N) is 1. The fourth-order valence-corrected chi connectivity index (χ4v) is 2.91. The van der Waals surface area contributed by atoms with Crippen molar-refractivity contribution in [1.82, 2.24) is 4.98 Å². The highest BCUT2D eigenvalue weighted by molar-refractivity contribution is 5.86. The Kier molecular flexibility index (Phi) is 2.41. The van der Waals surface area contributed by atoms with Gasteiger partial charge in [0.25, 0.3) is 0 Å².